The van der Waals surface area contributed by atoms with Gasteiger partial charge < -0.3 is 15.2 Å². The summed E-state index contributed by atoms with van der Waals surface area (Å²) in [6, 6.07) is 7.02. The van der Waals surface area contributed by atoms with Gasteiger partial charge >= 0.3 is 0 Å². The fraction of sp³-hybridized carbons (Fsp3) is 0.500. The summed E-state index contributed by atoms with van der Waals surface area (Å²) in [5.41, 5.74) is 2.22. The predicted octanol–water partition coefficient (Wildman–Crippen LogP) is 0.623. The van der Waals surface area contributed by atoms with E-state index in [0.717, 1.165) is 17.7 Å². The third-order valence-corrected chi connectivity index (χ3v) is 5.85. The molecule has 0 spiro atoms. The van der Waals surface area contributed by atoms with Gasteiger partial charge in [0.05, 0.1) is 29.4 Å². The van der Waals surface area contributed by atoms with Gasteiger partial charge in [0.25, 0.3) is 0 Å². The SMILES string of the molecule is O=S1(=O)CC(O)C(N2CCC/C(=N/O)c3ccccc32)C1. The summed E-state index contributed by atoms with van der Waals surface area (Å²) in [7, 11) is -3.20. The minimum absolute atomic E-state index is 0.0336. The van der Waals surface area contributed by atoms with Crippen LogP contribution >= 0.6 is 0 Å². The van der Waals surface area contributed by atoms with Gasteiger partial charge in [0.1, 0.15) is 0 Å². The molecular weight excluding hydrogens is 292 g/mol. The van der Waals surface area contributed by atoms with E-state index in [-0.39, 0.29) is 11.5 Å². The van der Waals surface area contributed by atoms with E-state index < -0.39 is 22.0 Å². The Morgan fingerprint density at radius 2 is 2.00 bits per heavy atom. The van der Waals surface area contributed by atoms with Crippen LogP contribution in [-0.4, -0.2) is 54.6 Å². The molecule has 3 rings (SSSR count). The molecule has 2 unspecified atom stereocenters. The summed E-state index contributed by atoms with van der Waals surface area (Å²) >= 11 is 0. The average molecular weight is 310 g/mol. The summed E-state index contributed by atoms with van der Waals surface area (Å²) in [4.78, 5) is 1.95. The van der Waals surface area contributed by atoms with Gasteiger partial charge in [-0.1, -0.05) is 23.4 Å². The number of anilines is 1. The molecule has 6 nitrogen and oxygen atoms in total. The molecule has 1 aromatic rings. The van der Waals surface area contributed by atoms with Crippen LogP contribution in [-0.2, 0) is 9.84 Å². The highest BCUT2D eigenvalue weighted by Gasteiger charge is 2.41. The minimum Gasteiger partial charge on any atom is -0.411 e. The lowest BCUT2D eigenvalue weighted by Gasteiger charge is -2.32. The standard InChI is InChI=1S/C14H18N2O4S/c17-14-9-21(19,20)8-13(14)16-7-3-5-11(15-18)10-4-1-2-6-12(10)16/h1-2,4,6,13-14,17-18H,3,5,7-9H2/b15-11-. The van der Waals surface area contributed by atoms with Crippen molar-refractivity contribution >= 4 is 21.2 Å². The van der Waals surface area contributed by atoms with Crippen molar-refractivity contribution in [3.8, 4) is 0 Å². The molecule has 0 radical (unpaired) electrons. The van der Waals surface area contributed by atoms with E-state index in [0.29, 0.717) is 18.7 Å². The fourth-order valence-corrected chi connectivity index (χ4v) is 5.00. The molecule has 2 atom stereocenters. The molecule has 2 N–H and O–H groups in total. The van der Waals surface area contributed by atoms with Crippen LogP contribution in [0.1, 0.15) is 18.4 Å². The molecule has 2 heterocycles. The first-order valence-electron chi connectivity index (χ1n) is 6.97. The van der Waals surface area contributed by atoms with Crippen molar-refractivity contribution in [1.29, 1.82) is 0 Å². The summed E-state index contributed by atoms with van der Waals surface area (Å²) in [5.74, 6) is -0.217. The van der Waals surface area contributed by atoms with Gasteiger partial charge in [0.15, 0.2) is 9.84 Å². The van der Waals surface area contributed by atoms with Crippen LogP contribution in [0.4, 0.5) is 5.69 Å². The molecule has 0 amide bonds. The number of nitrogens with zero attached hydrogens (tertiary/aromatic N) is 2. The Balaban J connectivity index is 2.03. The number of sulfone groups is 1. The Labute approximate surface area is 123 Å². The number of hydrogen-bond donors (Lipinski definition) is 2. The molecular formula is C14H18N2O4S. The van der Waals surface area contributed by atoms with Crippen molar-refractivity contribution < 1.29 is 18.7 Å². The molecule has 0 saturated carbocycles. The molecule has 21 heavy (non-hydrogen) atoms. The van der Waals surface area contributed by atoms with Gasteiger partial charge in [-0.15, -0.1) is 0 Å². The first kappa shape index (κ1) is 14.3. The zero-order chi connectivity index (χ0) is 15.0. The van der Waals surface area contributed by atoms with Gasteiger partial charge in [-0.25, -0.2) is 8.42 Å². The highest BCUT2D eigenvalue weighted by molar-refractivity contribution is 7.91. The quantitative estimate of drug-likeness (QED) is 0.586. The maximum absolute atomic E-state index is 11.8. The van der Waals surface area contributed by atoms with Crippen molar-refractivity contribution in [2.24, 2.45) is 5.16 Å². The van der Waals surface area contributed by atoms with Crippen molar-refractivity contribution in [2.45, 2.75) is 25.0 Å². The lowest BCUT2D eigenvalue weighted by Crippen LogP contribution is -2.43. The second-order valence-corrected chi connectivity index (χ2v) is 7.73. The van der Waals surface area contributed by atoms with E-state index >= 15 is 0 Å². The maximum Gasteiger partial charge on any atom is 0.155 e. The molecule has 0 aliphatic carbocycles. The van der Waals surface area contributed by atoms with E-state index in [1.165, 1.54) is 0 Å². The van der Waals surface area contributed by atoms with Crippen LogP contribution in [0.5, 0.6) is 0 Å². The molecule has 0 bridgehead atoms. The number of fused-ring (bicyclic) bond motifs is 1. The summed E-state index contributed by atoms with van der Waals surface area (Å²) < 4.78 is 23.5. The van der Waals surface area contributed by atoms with Crippen molar-refractivity contribution in [1.82, 2.24) is 0 Å². The van der Waals surface area contributed by atoms with E-state index in [1.807, 2.05) is 29.2 Å². The fourth-order valence-electron chi connectivity index (χ4n) is 3.20. The topological polar surface area (TPSA) is 90.2 Å². The van der Waals surface area contributed by atoms with Gasteiger partial charge in [0, 0.05) is 17.8 Å². The number of aliphatic hydroxyl groups is 1. The zero-order valence-electron chi connectivity index (χ0n) is 11.5. The average Bonchev–Trinajstić information content (AvgIpc) is 2.63. The van der Waals surface area contributed by atoms with E-state index in [4.69, 9.17) is 0 Å². The van der Waals surface area contributed by atoms with E-state index in [2.05, 4.69) is 5.16 Å². The number of para-hydroxylation sites is 1. The molecule has 1 fully saturated rings. The van der Waals surface area contributed by atoms with E-state index in [9.17, 15) is 18.7 Å². The lowest BCUT2D eigenvalue weighted by molar-refractivity contribution is 0.178. The van der Waals surface area contributed by atoms with Crippen LogP contribution in [0.2, 0.25) is 0 Å². The van der Waals surface area contributed by atoms with Crippen LogP contribution in [0.3, 0.4) is 0 Å². The highest BCUT2D eigenvalue weighted by Crippen LogP contribution is 2.31. The number of benzene rings is 1. The Kier molecular flexibility index (Phi) is 3.62. The molecule has 0 aromatic heterocycles. The van der Waals surface area contributed by atoms with Gasteiger partial charge in [-0.05, 0) is 18.9 Å². The molecule has 7 heteroatoms. The molecule has 2 aliphatic rings. The van der Waals surface area contributed by atoms with Crippen molar-refractivity contribution in [3.63, 3.8) is 0 Å². The number of oxime groups is 1. The van der Waals surface area contributed by atoms with Gasteiger partial charge in [0.2, 0.25) is 0 Å². The van der Waals surface area contributed by atoms with Gasteiger partial charge in [-0.3, -0.25) is 0 Å². The summed E-state index contributed by atoms with van der Waals surface area (Å²) in [6.45, 7) is 0.632. The molecule has 114 valence electrons. The Morgan fingerprint density at radius 3 is 2.67 bits per heavy atom. The molecule has 1 saturated heterocycles. The zero-order valence-corrected chi connectivity index (χ0v) is 12.3. The van der Waals surface area contributed by atoms with Crippen LogP contribution in [0, 0.1) is 0 Å². The Morgan fingerprint density at radius 1 is 1.24 bits per heavy atom. The van der Waals surface area contributed by atoms with Crippen LogP contribution in [0.25, 0.3) is 0 Å². The molecule has 1 aromatic carbocycles. The number of hydrogen-bond acceptors (Lipinski definition) is 6. The number of rotatable bonds is 1. The molecule has 2 aliphatic heterocycles. The van der Waals surface area contributed by atoms with E-state index in [1.54, 1.807) is 0 Å². The summed E-state index contributed by atoms with van der Waals surface area (Å²) in [6.07, 6.45) is 0.493. The third kappa shape index (κ3) is 2.63. The second kappa shape index (κ2) is 5.31. The largest absolute Gasteiger partial charge is 0.411 e. The Bertz CT molecular complexity index is 671. The lowest BCUT2D eigenvalue weighted by atomic mass is 10.0. The Hall–Kier alpha value is -1.60. The third-order valence-electron chi connectivity index (χ3n) is 4.15. The summed E-state index contributed by atoms with van der Waals surface area (Å²) in [5, 5.41) is 22.7. The smallest absolute Gasteiger partial charge is 0.155 e. The predicted molar refractivity (Wildman–Crippen MR) is 79.8 cm³/mol. The highest BCUT2D eigenvalue weighted by atomic mass is 32.2. The second-order valence-electron chi connectivity index (χ2n) is 5.57. The monoisotopic (exact) mass is 310 g/mol. The van der Waals surface area contributed by atoms with Crippen molar-refractivity contribution in [3.05, 3.63) is 29.8 Å². The van der Waals surface area contributed by atoms with Crippen LogP contribution in [0.15, 0.2) is 29.4 Å². The normalized spacial score (nSPS) is 30.1. The first-order valence-corrected chi connectivity index (χ1v) is 8.79. The van der Waals surface area contributed by atoms with Gasteiger partial charge in [-0.2, -0.15) is 0 Å². The first-order chi connectivity index (χ1) is 10.0. The number of aliphatic hydroxyl groups excluding tert-OH is 1. The maximum atomic E-state index is 11.8. The minimum atomic E-state index is -3.20. The van der Waals surface area contributed by atoms with Crippen molar-refractivity contribution in [2.75, 3.05) is 23.0 Å². The van der Waals surface area contributed by atoms with Crippen LogP contribution < -0.4 is 4.90 Å².